The first-order valence-corrected chi connectivity index (χ1v) is 13.0. The van der Waals surface area contributed by atoms with Crippen LogP contribution in [0.3, 0.4) is 0 Å². The minimum Gasteiger partial charge on any atom is -0.459 e. The molecule has 0 saturated heterocycles. The number of ether oxygens (including phenoxy) is 1. The topological polar surface area (TPSA) is 46.5 Å². The number of hydrogen-bond donors (Lipinski definition) is 1. The predicted molar refractivity (Wildman–Crippen MR) is 133 cm³/mol. The maximum atomic E-state index is 12.8. The Hall–Kier alpha value is -1.79. The summed E-state index contributed by atoms with van der Waals surface area (Å²) < 4.78 is 6.00. The molecule has 180 valence electrons. The third-order valence-electron chi connectivity index (χ3n) is 10.2. The molecule has 3 nitrogen and oxygen atoms in total. The maximum Gasteiger partial charge on any atom is 0.338 e. The molecule has 8 atom stereocenters. The van der Waals surface area contributed by atoms with Crippen molar-refractivity contribution in [3.63, 3.8) is 0 Å². The van der Waals surface area contributed by atoms with Crippen molar-refractivity contribution in [3.05, 3.63) is 35.5 Å². The van der Waals surface area contributed by atoms with Gasteiger partial charge in [0.25, 0.3) is 0 Å². The number of esters is 1. The number of rotatable bonds is 4. The highest BCUT2D eigenvalue weighted by Crippen LogP contribution is 2.67. The SMILES string of the molecule is C#C/C=C\C(=C/C)C(=O)O[C@@H](C)C1CCC2C3CC=C4C[C@@](C)(O)CC[C@]4(C)C3CC[C@@]21C. The summed E-state index contributed by atoms with van der Waals surface area (Å²) in [7, 11) is 0. The van der Waals surface area contributed by atoms with Crippen LogP contribution in [0.2, 0.25) is 0 Å². The van der Waals surface area contributed by atoms with E-state index >= 15 is 0 Å². The van der Waals surface area contributed by atoms with Gasteiger partial charge in [0.05, 0.1) is 11.2 Å². The lowest BCUT2D eigenvalue weighted by atomic mass is 9.46. The van der Waals surface area contributed by atoms with Gasteiger partial charge in [-0.05, 0) is 113 Å². The number of carbonyl (C=O) groups excluding carboxylic acids is 1. The van der Waals surface area contributed by atoms with E-state index in [4.69, 9.17) is 11.2 Å². The molecule has 33 heavy (non-hydrogen) atoms. The lowest BCUT2D eigenvalue weighted by Crippen LogP contribution is -2.52. The van der Waals surface area contributed by atoms with Crippen LogP contribution in [0.1, 0.15) is 86.0 Å². The Balaban J connectivity index is 1.51. The summed E-state index contributed by atoms with van der Waals surface area (Å²) in [4.78, 5) is 12.8. The molecule has 3 saturated carbocycles. The highest BCUT2D eigenvalue weighted by atomic mass is 16.5. The fourth-order valence-electron chi connectivity index (χ4n) is 8.36. The van der Waals surface area contributed by atoms with Crippen LogP contribution in [0.25, 0.3) is 0 Å². The molecule has 3 fully saturated rings. The Kier molecular flexibility index (Phi) is 6.47. The number of aliphatic hydroxyl groups is 1. The van der Waals surface area contributed by atoms with Crippen molar-refractivity contribution in [1.82, 2.24) is 0 Å². The Morgan fingerprint density at radius 2 is 1.97 bits per heavy atom. The zero-order valence-corrected chi connectivity index (χ0v) is 21.2. The molecule has 0 spiro atoms. The van der Waals surface area contributed by atoms with Gasteiger partial charge in [0.2, 0.25) is 0 Å². The lowest BCUT2D eigenvalue weighted by Gasteiger charge is -2.59. The standard InChI is InChI=1S/C30H42O3/c1-7-9-10-21(8-2)27(31)33-20(3)24-13-14-25-23-12-11-22-19-28(4,32)17-18-29(22,5)26(23)15-16-30(24,25)6/h1,8-11,20,23-26,32H,12-19H2,2-6H3/b10-9-,21-8+/t20-,23?,24?,25?,26?,28-,29-,30+/m0/s1. The highest BCUT2D eigenvalue weighted by Gasteiger charge is 2.60. The first-order chi connectivity index (χ1) is 15.6. The summed E-state index contributed by atoms with van der Waals surface area (Å²) >= 11 is 0. The van der Waals surface area contributed by atoms with Crippen LogP contribution in [0, 0.1) is 46.8 Å². The second kappa shape index (κ2) is 8.77. The van der Waals surface area contributed by atoms with Crippen LogP contribution in [-0.4, -0.2) is 22.8 Å². The number of terminal acetylenes is 1. The van der Waals surface area contributed by atoms with Crippen molar-refractivity contribution in [2.24, 2.45) is 34.5 Å². The van der Waals surface area contributed by atoms with Crippen molar-refractivity contribution in [3.8, 4) is 12.3 Å². The van der Waals surface area contributed by atoms with Crippen molar-refractivity contribution < 1.29 is 14.6 Å². The molecule has 0 bridgehead atoms. The maximum absolute atomic E-state index is 12.8. The summed E-state index contributed by atoms with van der Waals surface area (Å²) in [5.74, 6) is 4.67. The highest BCUT2D eigenvalue weighted by molar-refractivity contribution is 5.91. The molecule has 0 aromatic rings. The molecule has 4 aliphatic carbocycles. The first kappa shape index (κ1) is 24.3. The van der Waals surface area contributed by atoms with Gasteiger partial charge in [-0.25, -0.2) is 4.79 Å². The average Bonchev–Trinajstić information content (AvgIpc) is 3.12. The van der Waals surface area contributed by atoms with Gasteiger partial charge >= 0.3 is 5.97 Å². The zero-order valence-electron chi connectivity index (χ0n) is 21.2. The van der Waals surface area contributed by atoms with Crippen molar-refractivity contribution >= 4 is 5.97 Å². The van der Waals surface area contributed by atoms with Crippen molar-refractivity contribution in [2.75, 3.05) is 0 Å². The summed E-state index contributed by atoms with van der Waals surface area (Å²) in [5, 5.41) is 10.7. The molecule has 4 unspecified atom stereocenters. The third-order valence-corrected chi connectivity index (χ3v) is 10.2. The largest absolute Gasteiger partial charge is 0.459 e. The van der Waals surface area contributed by atoms with Crippen LogP contribution in [0.4, 0.5) is 0 Å². The van der Waals surface area contributed by atoms with Crippen LogP contribution in [0.15, 0.2) is 35.5 Å². The van der Waals surface area contributed by atoms with Crippen molar-refractivity contribution in [1.29, 1.82) is 0 Å². The number of carbonyl (C=O) groups is 1. The molecule has 4 rings (SSSR count). The van der Waals surface area contributed by atoms with Crippen LogP contribution in [0.5, 0.6) is 0 Å². The first-order valence-electron chi connectivity index (χ1n) is 13.0. The lowest BCUT2D eigenvalue weighted by molar-refractivity contribution is -0.150. The Morgan fingerprint density at radius 3 is 2.67 bits per heavy atom. The smallest absolute Gasteiger partial charge is 0.338 e. The van der Waals surface area contributed by atoms with E-state index in [2.05, 4.69) is 32.8 Å². The second-order valence-corrected chi connectivity index (χ2v) is 12.0. The summed E-state index contributed by atoms with van der Waals surface area (Å²) in [5.41, 5.74) is 1.95. The Bertz CT molecular complexity index is 915. The molecular formula is C30H42O3. The monoisotopic (exact) mass is 450 g/mol. The van der Waals surface area contributed by atoms with Gasteiger partial charge in [-0.15, -0.1) is 6.42 Å². The van der Waals surface area contributed by atoms with Crippen LogP contribution in [-0.2, 0) is 9.53 Å². The van der Waals surface area contributed by atoms with E-state index in [1.54, 1.807) is 18.2 Å². The summed E-state index contributed by atoms with van der Waals surface area (Å²) in [6, 6.07) is 0. The van der Waals surface area contributed by atoms with Crippen LogP contribution < -0.4 is 0 Å². The third kappa shape index (κ3) is 4.14. The molecule has 0 aromatic carbocycles. The molecule has 0 radical (unpaired) electrons. The minimum atomic E-state index is -0.541. The molecule has 0 aliphatic heterocycles. The van der Waals surface area contributed by atoms with Gasteiger partial charge in [0, 0.05) is 5.92 Å². The van der Waals surface area contributed by atoms with Gasteiger partial charge in [-0.2, -0.15) is 0 Å². The molecular weight excluding hydrogens is 408 g/mol. The zero-order chi connectivity index (χ0) is 24.0. The number of hydrogen-bond acceptors (Lipinski definition) is 3. The van der Waals surface area contributed by atoms with E-state index in [1.165, 1.54) is 24.8 Å². The molecule has 3 heteroatoms. The van der Waals surface area contributed by atoms with E-state index < -0.39 is 5.60 Å². The fourth-order valence-corrected chi connectivity index (χ4v) is 8.36. The van der Waals surface area contributed by atoms with Gasteiger partial charge in [0.1, 0.15) is 6.10 Å². The van der Waals surface area contributed by atoms with E-state index in [0.717, 1.165) is 32.1 Å². The van der Waals surface area contributed by atoms with E-state index in [1.807, 2.05) is 13.8 Å². The van der Waals surface area contributed by atoms with Crippen LogP contribution >= 0.6 is 0 Å². The molecule has 4 aliphatic rings. The van der Waals surface area contributed by atoms with E-state index in [-0.39, 0.29) is 22.9 Å². The van der Waals surface area contributed by atoms with Gasteiger partial charge in [0.15, 0.2) is 0 Å². The summed E-state index contributed by atoms with van der Waals surface area (Å²) in [6.45, 7) is 10.9. The van der Waals surface area contributed by atoms with Crippen molar-refractivity contribution in [2.45, 2.75) is 97.7 Å². The molecule has 0 heterocycles. The van der Waals surface area contributed by atoms with E-state index in [9.17, 15) is 9.90 Å². The van der Waals surface area contributed by atoms with Gasteiger partial charge < -0.3 is 9.84 Å². The normalized spacial score (nSPS) is 43.7. The quantitative estimate of drug-likeness (QED) is 0.178. The fraction of sp³-hybridized carbons (Fsp3) is 0.700. The Morgan fingerprint density at radius 1 is 1.21 bits per heavy atom. The molecule has 1 N–H and O–H groups in total. The van der Waals surface area contributed by atoms with Gasteiger partial charge in [-0.3, -0.25) is 0 Å². The number of allylic oxidation sites excluding steroid dienone is 3. The molecule has 0 amide bonds. The average molecular weight is 451 g/mol. The predicted octanol–water partition coefficient (Wildman–Crippen LogP) is 6.38. The second-order valence-electron chi connectivity index (χ2n) is 12.0. The molecule has 0 aromatic heterocycles. The Labute approximate surface area is 200 Å². The summed E-state index contributed by atoms with van der Waals surface area (Å²) in [6.07, 6.45) is 21.5. The minimum absolute atomic E-state index is 0.103. The number of fused-ring (bicyclic) bond motifs is 5. The van der Waals surface area contributed by atoms with E-state index in [0.29, 0.717) is 29.2 Å². The van der Waals surface area contributed by atoms with Gasteiger partial charge in [-0.1, -0.05) is 37.5 Å².